The molecule has 0 unspecified atom stereocenters. The highest BCUT2D eigenvalue weighted by atomic mass is 32.1. The number of thiazole rings is 1. The van der Waals surface area contributed by atoms with Gasteiger partial charge in [-0.2, -0.15) is 5.10 Å². The van der Waals surface area contributed by atoms with E-state index in [1.54, 1.807) is 18.8 Å². The van der Waals surface area contributed by atoms with Crippen molar-refractivity contribution in [3.63, 3.8) is 0 Å². The normalized spacial score (nSPS) is 10.6. The van der Waals surface area contributed by atoms with Crippen LogP contribution >= 0.6 is 11.3 Å². The molecule has 18 heavy (non-hydrogen) atoms. The number of aromatic nitrogens is 3. The zero-order valence-corrected chi connectivity index (χ0v) is 11.1. The summed E-state index contributed by atoms with van der Waals surface area (Å²) >= 11 is 1.50. The van der Waals surface area contributed by atoms with Gasteiger partial charge in [-0.25, -0.2) is 0 Å². The minimum absolute atomic E-state index is 0.212. The summed E-state index contributed by atoms with van der Waals surface area (Å²) in [4.78, 5) is 17.0. The average Bonchev–Trinajstić information content (AvgIpc) is 2.94. The molecule has 3 N–H and O–H groups in total. The number of carbonyl (C=O) groups excluding carboxylic acids is 1. The monoisotopic (exact) mass is 265 g/mol. The third-order valence-electron chi connectivity index (χ3n) is 2.62. The summed E-state index contributed by atoms with van der Waals surface area (Å²) in [5, 5.41) is 7.03. The van der Waals surface area contributed by atoms with E-state index in [0.717, 1.165) is 10.6 Å². The zero-order chi connectivity index (χ0) is 13.1. The Balaban J connectivity index is 2.11. The Kier molecular flexibility index (Phi) is 3.61. The second kappa shape index (κ2) is 5.18. The number of aryl methyl sites for hydroxylation is 2. The van der Waals surface area contributed by atoms with Crippen molar-refractivity contribution >= 4 is 22.9 Å². The lowest BCUT2D eigenvalue weighted by molar-refractivity contribution is 0.0943. The van der Waals surface area contributed by atoms with Crippen LogP contribution in [0.25, 0.3) is 0 Å². The topological polar surface area (TPSA) is 85.8 Å². The van der Waals surface area contributed by atoms with Gasteiger partial charge >= 0.3 is 0 Å². The van der Waals surface area contributed by atoms with E-state index in [0.29, 0.717) is 24.3 Å². The lowest BCUT2D eigenvalue weighted by Crippen LogP contribution is -2.25. The number of nitrogens with zero attached hydrogens (tertiary/aromatic N) is 3. The Bertz CT molecular complexity index is 546. The first kappa shape index (κ1) is 12.6. The number of nitrogens with two attached hydrogens (primary N) is 1. The van der Waals surface area contributed by atoms with E-state index in [-0.39, 0.29) is 5.91 Å². The molecular weight excluding hydrogens is 250 g/mol. The molecule has 7 heteroatoms. The summed E-state index contributed by atoms with van der Waals surface area (Å²) in [6, 6.07) is 0. The highest BCUT2D eigenvalue weighted by Gasteiger charge is 2.18. The Morgan fingerprint density at radius 3 is 2.94 bits per heavy atom. The molecule has 0 bridgehead atoms. The molecule has 96 valence electrons. The van der Waals surface area contributed by atoms with Gasteiger partial charge in [0.1, 0.15) is 5.69 Å². The number of carbonyl (C=O) groups is 1. The molecule has 1 amide bonds. The standard InChI is InChI=1S/C11H15N5OS/c1-3-8-9(12)10(16(2)15-8)11(17)14-5-7-4-13-6-18-7/h4,6H,3,5,12H2,1-2H3,(H,14,17). The van der Waals surface area contributed by atoms with Gasteiger partial charge in [-0.3, -0.25) is 14.5 Å². The van der Waals surface area contributed by atoms with Crippen LogP contribution in [0, 0.1) is 0 Å². The molecule has 0 spiro atoms. The van der Waals surface area contributed by atoms with Gasteiger partial charge < -0.3 is 11.1 Å². The Morgan fingerprint density at radius 2 is 2.39 bits per heavy atom. The lowest BCUT2D eigenvalue weighted by atomic mass is 10.2. The van der Waals surface area contributed by atoms with E-state index < -0.39 is 0 Å². The third-order valence-corrected chi connectivity index (χ3v) is 3.40. The Labute approximate surface area is 109 Å². The van der Waals surface area contributed by atoms with Gasteiger partial charge in [0.2, 0.25) is 0 Å². The smallest absolute Gasteiger partial charge is 0.271 e. The van der Waals surface area contributed by atoms with Gasteiger partial charge in [0, 0.05) is 18.1 Å². The van der Waals surface area contributed by atoms with Crippen molar-refractivity contribution in [3.05, 3.63) is 28.0 Å². The summed E-state index contributed by atoms with van der Waals surface area (Å²) in [6.07, 6.45) is 2.44. The molecule has 0 aliphatic rings. The van der Waals surface area contributed by atoms with E-state index in [2.05, 4.69) is 15.4 Å². The van der Waals surface area contributed by atoms with Crippen LogP contribution in [0.1, 0.15) is 28.0 Å². The third kappa shape index (κ3) is 2.35. The predicted molar refractivity (Wildman–Crippen MR) is 70.3 cm³/mol. The van der Waals surface area contributed by atoms with Crippen LogP contribution in [0.15, 0.2) is 11.7 Å². The molecule has 6 nitrogen and oxygen atoms in total. The predicted octanol–water partition coefficient (Wildman–Crippen LogP) is 0.951. The molecule has 0 aliphatic heterocycles. The molecule has 2 heterocycles. The second-order valence-corrected chi connectivity index (χ2v) is 4.81. The van der Waals surface area contributed by atoms with E-state index in [9.17, 15) is 4.79 Å². The number of hydrogen-bond acceptors (Lipinski definition) is 5. The maximum atomic E-state index is 12.0. The first-order chi connectivity index (χ1) is 8.63. The molecular formula is C11H15N5OS. The molecule has 2 aromatic rings. The summed E-state index contributed by atoms with van der Waals surface area (Å²) in [6.45, 7) is 2.41. The van der Waals surface area contributed by atoms with Crippen LogP contribution in [-0.2, 0) is 20.0 Å². The maximum absolute atomic E-state index is 12.0. The number of anilines is 1. The first-order valence-electron chi connectivity index (χ1n) is 5.60. The van der Waals surface area contributed by atoms with Crippen LogP contribution in [0.4, 0.5) is 5.69 Å². The number of nitrogen functional groups attached to an aromatic ring is 1. The summed E-state index contributed by atoms with van der Waals surface area (Å²) in [5.74, 6) is -0.212. The molecule has 0 fully saturated rings. The minimum Gasteiger partial charge on any atom is -0.395 e. The number of rotatable bonds is 4. The molecule has 2 aromatic heterocycles. The number of amides is 1. The van der Waals surface area contributed by atoms with Crippen LogP contribution in [0.3, 0.4) is 0 Å². The largest absolute Gasteiger partial charge is 0.395 e. The van der Waals surface area contributed by atoms with Crippen molar-refractivity contribution in [2.45, 2.75) is 19.9 Å². The van der Waals surface area contributed by atoms with Gasteiger partial charge in [0.05, 0.1) is 23.4 Å². The zero-order valence-electron chi connectivity index (χ0n) is 10.3. The minimum atomic E-state index is -0.212. The molecule has 2 rings (SSSR count). The van der Waals surface area contributed by atoms with Crippen LogP contribution in [0.5, 0.6) is 0 Å². The number of nitrogens with one attached hydrogen (secondary N) is 1. The van der Waals surface area contributed by atoms with Crippen molar-refractivity contribution < 1.29 is 4.79 Å². The Hall–Kier alpha value is -1.89. The summed E-state index contributed by atoms with van der Waals surface area (Å²) in [7, 11) is 1.72. The molecule has 0 aliphatic carbocycles. The van der Waals surface area contributed by atoms with E-state index >= 15 is 0 Å². The quantitative estimate of drug-likeness (QED) is 0.862. The first-order valence-corrected chi connectivity index (χ1v) is 6.48. The van der Waals surface area contributed by atoms with E-state index in [1.165, 1.54) is 16.0 Å². The van der Waals surface area contributed by atoms with Crippen LogP contribution < -0.4 is 11.1 Å². The van der Waals surface area contributed by atoms with Crippen molar-refractivity contribution in [3.8, 4) is 0 Å². The summed E-state index contributed by atoms with van der Waals surface area (Å²) in [5.41, 5.74) is 9.27. The van der Waals surface area contributed by atoms with Crippen molar-refractivity contribution in [2.75, 3.05) is 5.73 Å². The van der Waals surface area contributed by atoms with Crippen molar-refractivity contribution in [1.29, 1.82) is 0 Å². The lowest BCUT2D eigenvalue weighted by Gasteiger charge is -2.04. The van der Waals surface area contributed by atoms with Gasteiger partial charge in [-0.05, 0) is 6.42 Å². The molecule has 0 saturated heterocycles. The molecule has 0 radical (unpaired) electrons. The second-order valence-electron chi connectivity index (χ2n) is 3.84. The van der Waals surface area contributed by atoms with Gasteiger partial charge in [0.25, 0.3) is 5.91 Å². The molecule has 0 saturated carbocycles. The average molecular weight is 265 g/mol. The molecule has 0 aromatic carbocycles. The van der Waals surface area contributed by atoms with Crippen LogP contribution in [0.2, 0.25) is 0 Å². The molecule has 0 atom stereocenters. The number of hydrogen-bond donors (Lipinski definition) is 2. The van der Waals surface area contributed by atoms with Crippen molar-refractivity contribution in [2.24, 2.45) is 7.05 Å². The fraction of sp³-hybridized carbons (Fsp3) is 0.364. The van der Waals surface area contributed by atoms with Gasteiger partial charge in [-0.1, -0.05) is 6.92 Å². The van der Waals surface area contributed by atoms with E-state index in [1.807, 2.05) is 6.92 Å². The van der Waals surface area contributed by atoms with Gasteiger partial charge in [-0.15, -0.1) is 11.3 Å². The highest BCUT2D eigenvalue weighted by Crippen LogP contribution is 2.17. The van der Waals surface area contributed by atoms with Crippen molar-refractivity contribution in [1.82, 2.24) is 20.1 Å². The highest BCUT2D eigenvalue weighted by molar-refractivity contribution is 7.09. The fourth-order valence-electron chi connectivity index (χ4n) is 1.71. The summed E-state index contributed by atoms with van der Waals surface area (Å²) < 4.78 is 1.52. The van der Waals surface area contributed by atoms with Crippen LogP contribution in [-0.4, -0.2) is 20.7 Å². The van der Waals surface area contributed by atoms with Gasteiger partial charge in [0.15, 0.2) is 0 Å². The SMILES string of the molecule is CCc1nn(C)c(C(=O)NCc2cncs2)c1N. The van der Waals surface area contributed by atoms with E-state index in [4.69, 9.17) is 5.73 Å². The Morgan fingerprint density at radius 1 is 1.61 bits per heavy atom. The fourth-order valence-corrected chi connectivity index (χ4v) is 2.24. The maximum Gasteiger partial charge on any atom is 0.271 e.